The molecule has 0 aromatic rings. The number of hydrogen-bond donors (Lipinski definition) is 8. The van der Waals surface area contributed by atoms with Gasteiger partial charge in [-0.15, -0.1) is 0 Å². The fourth-order valence-corrected chi connectivity index (χ4v) is 24.0. The van der Waals surface area contributed by atoms with Gasteiger partial charge in [-0.1, -0.05) is 209 Å². The monoisotopic (exact) mass is 981 g/mol. The van der Waals surface area contributed by atoms with Crippen molar-refractivity contribution >= 4 is 30.0 Å². The Bertz CT molecular complexity index is 1010. The molecule has 1 aliphatic rings. The van der Waals surface area contributed by atoms with Crippen LogP contribution in [0.2, 0.25) is 0 Å². The second kappa shape index (κ2) is 42.5. The molecule has 0 amide bonds. The maximum absolute atomic E-state index is 6.27. The third-order valence-corrected chi connectivity index (χ3v) is 25.5. The van der Waals surface area contributed by atoms with Gasteiger partial charge in [0, 0.05) is 52.4 Å². The lowest BCUT2D eigenvalue weighted by atomic mass is 10.2. The first-order valence-corrected chi connectivity index (χ1v) is 34.7. The highest BCUT2D eigenvalue weighted by Gasteiger charge is 2.37. The summed E-state index contributed by atoms with van der Waals surface area (Å²) in [5.74, 6) is 0. The van der Waals surface area contributed by atoms with Crippen LogP contribution in [0.5, 0.6) is 0 Å². The van der Waals surface area contributed by atoms with E-state index in [0.717, 1.165) is 104 Å². The summed E-state index contributed by atoms with van der Waals surface area (Å²) >= 11 is 0. The highest BCUT2D eigenvalue weighted by Crippen LogP contribution is 2.71. The zero-order chi connectivity index (χ0) is 46.8. The van der Waals surface area contributed by atoms with Gasteiger partial charge >= 0.3 is 0 Å². The molecule has 0 bridgehead atoms. The van der Waals surface area contributed by atoms with Crippen LogP contribution in [0.3, 0.4) is 0 Å². The topological polar surface area (TPSA) is 146 Å². The van der Waals surface area contributed by atoms with Crippen molar-refractivity contribution < 1.29 is 0 Å². The molecule has 0 spiro atoms. The highest BCUT2D eigenvalue weighted by atomic mass is 31.3. The molecule has 1 heterocycles. The Morgan fingerprint density at radius 3 is 0.422 bits per heavy atom. The molecular weight excluding hydrogens is 869 g/mol. The lowest BCUT2D eigenvalue weighted by Gasteiger charge is -2.38. The van der Waals surface area contributed by atoms with Gasteiger partial charge in [-0.3, -0.25) is 40.7 Å². The molecular formula is C48H112N12P4. The zero-order valence-corrected chi connectivity index (χ0v) is 47.4. The van der Waals surface area contributed by atoms with E-state index in [0.29, 0.717) is 0 Å². The minimum Gasteiger partial charge on any atom is -0.253 e. The van der Waals surface area contributed by atoms with Crippen molar-refractivity contribution in [1.29, 1.82) is 0 Å². The van der Waals surface area contributed by atoms with Crippen LogP contribution in [-0.4, -0.2) is 52.4 Å². The molecule has 0 saturated carbocycles. The van der Waals surface area contributed by atoms with Crippen LogP contribution in [0.4, 0.5) is 0 Å². The van der Waals surface area contributed by atoms with E-state index < -0.39 is 30.0 Å². The number of unbranched alkanes of at least 4 members (excludes halogenated alkanes) is 24. The maximum atomic E-state index is 6.27. The fraction of sp³-hybridized carbons (Fsp3) is 1.00. The quantitative estimate of drug-likeness (QED) is 0.0222. The predicted octanol–water partition coefficient (Wildman–Crippen LogP) is 17.1. The second-order valence-corrected chi connectivity index (χ2v) is 28.7. The molecule has 1 rings (SSSR count). The molecule has 16 heteroatoms. The Labute approximate surface area is 400 Å². The molecule has 0 aliphatic carbocycles. The van der Waals surface area contributed by atoms with Gasteiger partial charge in [-0.25, -0.2) is 0 Å². The van der Waals surface area contributed by atoms with Crippen LogP contribution in [0.1, 0.15) is 261 Å². The molecule has 8 N–H and O–H groups in total. The van der Waals surface area contributed by atoms with Crippen molar-refractivity contribution in [2.75, 3.05) is 52.4 Å². The van der Waals surface area contributed by atoms with Crippen molar-refractivity contribution in [3.05, 3.63) is 0 Å². The fourth-order valence-electron chi connectivity index (χ4n) is 7.84. The van der Waals surface area contributed by atoms with E-state index >= 15 is 0 Å². The normalized spacial score (nSPS) is 16.4. The third-order valence-electron chi connectivity index (χ3n) is 11.9. The Balaban J connectivity index is 4.52. The number of rotatable bonds is 48. The summed E-state index contributed by atoms with van der Waals surface area (Å²) < 4.78 is 25.1. The molecule has 64 heavy (non-hydrogen) atoms. The largest absolute Gasteiger partial charge is 0.253 e. The van der Waals surface area contributed by atoms with Crippen LogP contribution in [0.25, 0.3) is 0 Å². The first-order chi connectivity index (χ1) is 31.3. The third kappa shape index (κ3) is 30.3. The van der Waals surface area contributed by atoms with Gasteiger partial charge < -0.3 is 0 Å². The van der Waals surface area contributed by atoms with Gasteiger partial charge in [-0.05, 0) is 51.4 Å². The highest BCUT2D eigenvalue weighted by molar-refractivity contribution is 7.84. The van der Waals surface area contributed by atoms with Gasteiger partial charge in [-0.2, -0.15) is 18.1 Å². The summed E-state index contributed by atoms with van der Waals surface area (Å²) in [7, 11) is -11.2. The summed E-state index contributed by atoms with van der Waals surface area (Å²) in [5, 5.41) is 33.4. The summed E-state index contributed by atoms with van der Waals surface area (Å²) in [6.07, 6.45) is 38.4. The average Bonchev–Trinajstić information content (AvgIpc) is 3.28. The van der Waals surface area contributed by atoms with E-state index in [9.17, 15) is 0 Å². The van der Waals surface area contributed by atoms with Gasteiger partial charge in [0.1, 0.15) is 0 Å². The molecule has 0 aromatic heterocycles. The SMILES string of the molecule is CCCCCCNP1(NCCCCCC)=NP(NCCCCCC)(NCCCCCC)=NP(NCCCCCC)(NCCCCCC)=NP(NCCCCCC)(NCCCCCC)=N1. The lowest BCUT2D eigenvalue weighted by molar-refractivity contribution is 0.640. The molecule has 1 aliphatic heterocycles. The Kier molecular flexibility index (Phi) is 41.6. The zero-order valence-electron chi connectivity index (χ0n) is 43.9. The minimum absolute atomic E-state index is 0.883. The Hall–Kier alpha value is 0.600. The minimum atomic E-state index is -2.81. The molecule has 0 saturated heterocycles. The van der Waals surface area contributed by atoms with E-state index in [1.807, 2.05) is 0 Å². The van der Waals surface area contributed by atoms with Gasteiger partial charge in [0.05, 0.1) is 0 Å². The van der Waals surface area contributed by atoms with E-state index in [-0.39, 0.29) is 0 Å². The molecule has 12 nitrogen and oxygen atoms in total. The molecule has 0 aromatic carbocycles. The van der Waals surface area contributed by atoms with Gasteiger partial charge in [0.2, 0.25) is 30.0 Å². The molecule has 0 fully saturated rings. The van der Waals surface area contributed by atoms with Crippen molar-refractivity contribution in [1.82, 2.24) is 40.7 Å². The van der Waals surface area contributed by atoms with Crippen LogP contribution in [0, 0.1) is 0 Å². The first kappa shape index (κ1) is 62.6. The van der Waals surface area contributed by atoms with Crippen molar-refractivity contribution in [2.24, 2.45) is 18.1 Å². The Morgan fingerprint density at radius 2 is 0.312 bits per heavy atom. The molecule has 0 radical (unpaired) electrons. The van der Waals surface area contributed by atoms with E-state index in [4.69, 9.17) is 18.1 Å². The van der Waals surface area contributed by atoms with E-state index in [1.165, 1.54) is 154 Å². The number of nitrogens with zero attached hydrogens (tertiary/aromatic N) is 4. The van der Waals surface area contributed by atoms with Crippen LogP contribution in [-0.2, 0) is 0 Å². The lowest BCUT2D eigenvalue weighted by Crippen LogP contribution is -2.32. The van der Waals surface area contributed by atoms with Crippen molar-refractivity contribution in [3.8, 4) is 0 Å². The van der Waals surface area contributed by atoms with Crippen molar-refractivity contribution in [3.63, 3.8) is 0 Å². The standard InChI is InChI=1S/C48H112N12P4/c1-9-17-25-33-41-49-61(50-42-34-26-18-10-2)57-62(51-43-35-27-19-11-3,52-44-36-28-20-12-4)59-64(55-47-39-31-23-15-7,56-48-40-32-24-16-8)60-63(58-61,53-45-37-29-21-13-5)54-46-38-30-22-14-6/h49-56H,9-48H2,1-8H3. The first-order valence-electron chi connectivity index (χ1n) is 27.9. The average molecular weight is 981 g/mol. The molecule has 384 valence electrons. The summed E-state index contributed by atoms with van der Waals surface area (Å²) in [6.45, 7) is 25.5. The summed E-state index contributed by atoms with van der Waals surface area (Å²) in [5.41, 5.74) is 0. The molecule has 0 atom stereocenters. The number of nitrogens with one attached hydrogen (secondary N) is 8. The maximum Gasteiger partial charge on any atom is 0.215 e. The Morgan fingerprint density at radius 1 is 0.188 bits per heavy atom. The van der Waals surface area contributed by atoms with Gasteiger partial charge in [0.15, 0.2) is 0 Å². The smallest absolute Gasteiger partial charge is 0.215 e. The van der Waals surface area contributed by atoms with Crippen LogP contribution in [0.15, 0.2) is 18.1 Å². The summed E-state index contributed by atoms with van der Waals surface area (Å²) in [6, 6.07) is 0. The number of hydrogen-bond acceptors (Lipinski definition) is 12. The molecule has 0 unspecified atom stereocenters. The second-order valence-electron chi connectivity index (χ2n) is 18.5. The van der Waals surface area contributed by atoms with E-state index in [1.54, 1.807) is 0 Å². The van der Waals surface area contributed by atoms with Crippen molar-refractivity contribution in [2.45, 2.75) is 261 Å². The van der Waals surface area contributed by atoms with Gasteiger partial charge in [0.25, 0.3) is 0 Å². The van der Waals surface area contributed by atoms with Crippen LogP contribution >= 0.6 is 30.0 Å². The predicted molar refractivity (Wildman–Crippen MR) is 295 cm³/mol. The summed E-state index contributed by atoms with van der Waals surface area (Å²) in [4.78, 5) is 0. The van der Waals surface area contributed by atoms with E-state index in [2.05, 4.69) is 96.1 Å². The van der Waals surface area contributed by atoms with Crippen LogP contribution < -0.4 is 40.7 Å².